The second-order valence-corrected chi connectivity index (χ2v) is 7.47. The number of carboxylic acids is 1. The Morgan fingerprint density at radius 1 is 1.46 bits per heavy atom. The average molecular weight is 360 g/mol. The van der Waals surface area contributed by atoms with E-state index in [0.717, 1.165) is 10.6 Å². The molecule has 1 atom stereocenters. The predicted octanol–water partition coefficient (Wildman–Crippen LogP) is -1.54. The molecule has 1 aliphatic heterocycles. The number of aromatic nitrogens is 2. The number of amides is 1. The average Bonchev–Trinajstić information content (AvgIpc) is 2.98. The van der Waals surface area contributed by atoms with Crippen molar-refractivity contribution in [3.8, 4) is 0 Å². The maximum absolute atomic E-state index is 12.3. The van der Waals surface area contributed by atoms with Crippen molar-refractivity contribution in [1.82, 2.24) is 19.0 Å². The molecule has 1 aromatic heterocycles. The van der Waals surface area contributed by atoms with Crippen molar-refractivity contribution in [3.05, 3.63) is 18.5 Å². The third-order valence-electron chi connectivity index (χ3n) is 3.54. The molecule has 0 aliphatic carbocycles. The minimum Gasteiger partial charge on any atom is -0.480 e. The SMILES string of the molecule is CS(=O)(=O)N(CC(=O)O)C[C@H]1CN(C(=O)Cn2cccn2)CCO1. The van der Waals surface area contributed by atoms with Crippen LogP contribution in [0.25, 0.3) is 0 Å². The number of hydrogen-bond donors (Lipinski definition) is 1. The summed E-state index contributed by atoms with van der Waals surface area (Å²) in [5, 5.41) is 12.8. The lowest BCUT2D eigenvalue weighted by Crippen LogP contribution is -2.51. The summed E-state index contributed by atoms with van der Waals surface area (Å²) in [5.41, 5.74) is 0. The number of nitrogens with zero attached hydrogens (tertiary/aromatic N) is 4. The number of hydrogen-bond acceptors (Lipinski definition) is 6. The van der Waals surface area contributed by atoms with Gasteiger partial charge in [-0.2, -0.15) is 9.40 Å². The Balaban J connectivity index is 1.96. The van der Waals surface area contributed by atoms with Crippen molar-refractivity contribution >= 4 is 21.9 Å². The molecular formula is C13H20N4O6S. The first kappa shape index (κ1) is 18.4. The predicted molar refractivity (Wildman–Crippen MR) is 82.6 cm³/mol. The maximum Gasteiger partial charge on any atom is 0.318 e. The van der Waals surface area contributed by atoms with Gasteiger partial charge >= 0.3 is 5.97 Å². The second kappa shape index (κ2) is 7.73. The number of carbonyl (C=O) groups is 2. The number of sulfonamides is 1. The standard InChI is InChI=1S/C13H20N4O6S/c1-24(21,22)17(10-13(19)20)8-11-7-15(5-6-23-11)12(18)9-16-4-2-3-14-16/h2-4,11H,5-10H2,1H3,(H,19,20)/t11-/m1/s1. The van der Waals surface area contributed by atoms with Crippen LogP contribution in [0, 0.1) is 0 Å². The van der Waals surface area contributed by atoms with E-state index in [1.54, 1.807) is 23.4 Å². The molecule has 11 heteroatoms. The zero-order valence-corrected chi connectivity index (χ0v) is 14.1. The first-order valence-corrected chi connectivity index (χ1v) is 9.14. The van der Waals surface area contributed by atoms with Crippen LogP contribution in [-0.4, -0.2) is 89.5 Å². The summed E-state index contributed by atoms with van der Waals surface area (Å²) in [6, 6.07) is 1.71. The third kappa shape index (κ3) is 5.28. The Hall–Kier alpha value is -1.98. The molecule has 0 radical (unpaired) electrons. The van der Waals surface area contributed by atoms with Gasteiger partial charge in [-0.15, -0.1) is 0 Å². The Bertz CT molecular complexity index is 675. The number of aliphatic carboxylic acids is 1. The summed E-state index contributed by atoms with van der Waals surface area (Å²) >= 11 is 0. The van der Waals surface area contributed by atoms with Crippen LogP contribution in [0.2, 0.25) is 0 Å². The molecule has 1 fully saturated rings. The van der Waals surface area contributed by atoms with E-state index in [1.807, 2.05) is 0 Å². The van der Waals surface area contributed by atoms with Crippen LogP contribution in [0.15, 0.2) is 18.5 Å². The topological polar surface area (TPSA) is 122 Å². The van der Waals surface area contributed by atoms with E-state index >= 15 is 0 Å². The minimum absolute atomic E-state index is 0.0879. The highest BCUT2D eigenvalue weighted by atomic mass is 32.2. The van der Waals surface area contributed by atoms with Crippen molar-refractivity contribution in [3.63, 3.8) is 0 Å². The molecule has 0 saturated carbocycles. The van der Waals surface area contributed by atoms with E-state index in [0.29, 0.717) is 6.54 Å². The molecule has 1 saturated heterocycles. The zero-order valence-electron chi connectivity index (χ0n) is 13.2. The smallest absolute Gasteiger partial charge is 0.318 e. The van der Waals surface area contributed by atoms with E-state index in [-0.39, 0.29) is 32.1 Å². The van der Waals surface area contributed by atoms with Gasteiger partial charge in [0.05, 0.1) is 19.0 Å². The normalized spacial score (nSPS) is 18.8. The van der Waals surface area contributed by atoms with Gasteiger partial charge in [0.15, 0.2) is 0 Å². The molecule has 0 unspecified atom stereocenters. The van der Waals surface area contributed by atoms with Crippen LogP contribution >= 0.6 is 0 Å². The van der Waals surface area contributed by atoms with Crippen molar-refractivity contribution in [2.45, 2.75) is 12.6 Å². The van der Waals surface area contributed by atoms with Gasteiger partial charge in [0.1, 0.15) is 13.1 Å². The number of ether oxygens (including phenoxy) is 1. The fourth-order valence-electron chi connectivity index (χ4n) is 2.38. The molecule has 10 nitrogen and oxygen atoms in total. The fourth-order valence-corrected chi connectivity index (χ4v) is 3.17. The summed E-state index contributed by atoms with van der Waals surface area (Å²) in [6.07, 6.45) is 3.62. The van der Waals surface area contributed by atoms with Crippen molar-refractivity contribution in [2.75, 3.05) is 39.0 Å². The highest BCUT2D eigenvalue weighted by molar-refractivity contribution is 7.88. The highest BCUT2D eigenvalue weighted by Gasteiger charge is 2.29. The van der Waals surface area contributed by atoms with E-state index in [1.165, 1.54) is 4.68 Å². The maximum atomic E-state index is 12.3. The largest absolute Gasteiger partial charge is 0.480 e. The Labute approximate surface area is 139 Å². The Morgan fingerprint density at radius 2 is 2.21 bits per heavy atom. The number of rotatable bonds is 7. The molecule has 1 aromatic rings. The van der Waals surface area contributed by atoms with E-state index in [4.69, 9.17) is 9.84 Å². The lowest BCUT2D eigenvalue weighted by atomic mass is 10.2. The number of carbonyl (C=O) groups excluding carboxylic acids is 1. The molecule has 1 N–H and O–H groups in total. The van der Waals surface area contributed by atoms with Crippen molar-refractivity contribution in [1.29, 1.82) is 0 Å². The van der Waals surface area contributed by atoms with Gasteiger partial charge in [-0.3, -0.25) is 14.3 Å². The summed E-state index contributed by atoms with van der Waals surface area (Å²) in [6.45, 7) is 0.196. The van der Waals surface area contributed by atoms with Gasteiger partial charge in [-0.1, -0.05) is 0 Å². The summed E-state index contributed by atoms with van der Waals surface area (Å²) < 4.78 is 31.2. The van der Waals surface area contributed by atoms with Crippen LogP contribution in [0.5, 0.6) is 0 Å². The van der Waals surface area contributed by atoms with Crippen LogP contribution < -0.4 is 0 Å². The Morgan fingerprint density at radius 3 is 2.79 bits per heavy atom. The first-order chi connectivity index (χ1) is 11.3. The molecule has 2 heterocycles. The van der Waals surface area contributed by atoms with Gasteiger partial charge < -0.3 is 14.7 Å². The molecular weight excluding hydrogens is 340 g/mol. The molecule has 134 valence electrons. The monoisotopic (exact) mass is 360 g/mol. The lowest BCUT2D eigenvalue weighted by molar-refractivity contribution is -0.141. The summed E-state index contributed by atoms with van der Waals surface area (Å²) in [5.74, 6) is -1.40. The van der Waals surface area contributed by atoms with Gasteiger partial charge in [0.25, 0.3) is 0 Å². The zero-order chi connectivity index (χ0) is 17.7. The van der Waals surface area contributed by atoms with Gasteiger partial charge in [-0.25, -0.2) is 8.42 Å². The highest BCUT2D eigenvalue weighted by Crippen LogP contribution is 2.10. The lowest BCUT2D eigenvalue weighted by Gasteiger charge is -2.34. The molecule has 2 rings (SSSR count). The minimum atomic E-state index is -3.68. The number of morpholine rings is 1. The molecule has 0 aromatic carbocycles. The van der Waals surface area contributed by atoms with Gasteiger partial charge in [0, 0.05) is 32.0 Å². The van der Waals surface area contributed by atoms with Crippen molar-refractivity contribution < 1.29 is 27.9 Å². The summed E-state index contributed by atoms with van der Waals surface area (Å²) in [7, 11) is -3.68. The van der Waals surface area contributed by atoms with Crippen LogP contribution in [0.1, 0.15) is 0 Å². The number of carboxylic acid groups (broad SMARTS) is 1. The van der Waals surface area contributed by atoms with Gasteiger partial charge in [-0.05, 0) is 6.07 Å². The quantitative estimate of drug-likeness (QED) is 0.625. The molecule has 1 aliphatic rings. The van der Waals surface area contributed by atoms with Crippen LogP contribution in [0.3, 0.4) is 0 Å². The van der Waals surface area contributed by atoms with Crippen molar-refractivity contribution in [2.24, 2.45) is 0 Å². The van der Waals surface area contributed by atoms with Crippen LogP contribution in [-0.2, 0) is 30.9 Å². The molecule has 24 heavy (non-hydrogen) atoms. The van der Waals surface area contributed by atoms with E-state index < -0.39 is 28.6 Å². The molecule has 0 spiro atoms. The molecule has 0 bridgehead atoms. The Kier molecular flexibility index (Phi) is 5.91. The fraction of sp³-hybridized carbons (Fsp3) is 0.615. The van der Waals surface area contributed by atoms with E-state index in [9.17, 15) is 18.0 Å². The van der Waals surface area contributed by atoms with Gasteiger partial charge in [0.2, 0.25) is 15.9 Å². The summed E-state index contributed by atoms with van der Waals surface area (Å²) in [4.78, 5) is 24.6. The van der Waals surface area contributed by atoms with Crippen LogP contribution in [0.4, 0.5) is 0 Å². The molecule has 1 amide bonds. The van der Waals surface area contributed by atoms with E-state index in [2.05, 4.69) is 5.10 Å². The third-order valence-corrected chi connectivity index (χ3v) is 4.75. The first-order valence-electron chi connectivity index (χ1n) is 7.29. The second-order valence-electron chi connectivity index (χ2n) is 5.49.